The first-order valence-corrected chi connectivity index (χ1v) is 3.92. The highest BCUT2D eigenvalue weighted by Gasteiger charge is 2.33. The highest BCUT2D eigenvalue weighted by atomic mass is 35.5. The van der Waals surface area contributed by atoms with Gasteiger partial charge in [0, 0.05) is 12.3 Å². The molecule has 0 aliphatic carbocycles. The number of alkyl halides is 3. The summed E-state index contributed by atoms with van der Waals surface area (Å²) in [6.07, 6.45) is -2.41. The second kappa shape index (κ2) is 2.84. The lowest BCUT2D eigenvalue weighted by atomic mass is 10.5. The van der Waals surface area contributed by atoms with Crippen molar-refractivity contribution in [2.75, 3.05) is 0 Å². The van der Waals surface area contributed by atoms with E-state index in [0.717, 1.165) is 10.6 Å². The van der Waals surface area contributed by atoms with Crippen molar-refractivity contribution >= 4 is 17.2 Å². The van der Waals surface area contributed by atoms with E-state index in [9.17, 15) is 13.2 Å². The monoisotopic (exact) mass is 221 g/mol. The van der Waals surface area contributed by atoms with E-state index in [-0.39, 0.29) is 10.8 Å². The van der Waals surface area contributed by atoms with Crippen LogP contribution in [0.1, 0.15) is 5.69 Å². The Hall–Kier alpha value is -1.30. The molecule has 0 aliphatic heterocycles. The molecule has 0 saturated carbocycles. The van der Waals surface area contributed by atoms with Crippen molar-refractivity contribution in [3.8, 4) is 0 Å². The standard InChI is InChI=1S/C7H3ClF3N3/c8-5-1-6-13-4(7(9,10)11)2-14(6)3-12-5/h1-3H. The number of rotatable bonds is 0. The number of aromatic nitrogens is 3. The van der Waals surface area contributed by atoms with Crippen molar-refractivity contribution in [2.45, 2.75) is 6.18 Å². The Morgan fingerprint density at radius 1 is 1.36 bits per heavy atom. The zero-order valence-electron chi connectivity index (χ0n) is 6.59. The molecule has 2 rings (SSSR count). The second-order valence-corrected chi connectivity index (χ2v) is 2.99. The maximum Gasteiger partial charge on any atom is 0.434 e. The van der Waals surface area contributed by atoms with Gasteiger partial charge in [-0.2, -0.15) is 13.2 Å². The summed E-state index contributed by atoms with van der Waals surface area (Å²) in [5, 5.41) is 0.108. The lowest BCUT2D eigenvalue weighted by Gasteiger charge is -1.98. The van der Waals surface area contributed by atoms with Gasteiger partial charge in [-0.1, -0.05) is 11.6 Å². The van der Waals surface area contributed by atoms with Gasteiger partial charge in [-0.15, -0.1) is 0 Å². The molecule has 0 atom stereocenters. The van der Waals surface area contributed by atoms with Crippen molar-refractivity contribution < 1.29 is 13.2 Å². The zero-order chi connectivity index (χ0) is 10.3. The Morgan fingerprint density at radius 3 is 2.71 bits per heavy atom. The van der Waals surface area contributed by atoms with Crippen LogP contribution in [0.2, 0.25) is 5.15 Å². The molecule has 0 radical (unpaired) electrons. The fraction of sp³-hybridized carbons (Fsp3) is 0.143. The van der Waals surface area contributed by atoms with Gasteiger partial charge in [-0.3, -0.25) is 4.40 Å². The fourth-order valence-electron chi connectivity index (χ4n) is 1.00. The average Bonchev–Trinajstić information content (AvgIpc) is 2.45. The van der Waals surface area contributed by atoms with Gasteiger partial charge in [0.15, 0.2) is 5.69 Å². The van der Waals surface area contributed by atoms with Crippen LogP contribution in [-0.2, 0) is 6.18 Å². The molecule has 14 heavy (non-hydrogen) atoms. The van der Waals surface area contributed by atoms with Crippen LogP contribution >= 0.6 is 11.6 Å². The van der Waals surface area contributed by atoms with Gasteiger partial charge < -0.3 is 0 Å². The number of hydrogen-bond acceptors (Lipinski definition) is 2. The molecule has 0 fully saturated rings. The molecule has 2 aromatic rings. The molecule has 74 valence electrons. The summed E-state index contributed by atoms with van der Waals surface area (Å²) < 4.78 is 37.8. The predicted molar refractivity (Wildman–Crippen MR) is 43.0 cm³/mol. The summed E-state index contributed by atoms with van der Waals surface area (Å²) in [4.78, 5) is 6.98. The molecule has 0 saturated heterocycles. The first kappa shape index (κ1) is 9.26. The van der Waals surface area contributed by atoms with Crippen LogP contribution in [0, 0.1) is 0 Å². The largest absolute Gasteiger partial charge is 0.434 e. The van der Waals surface area contributed by atoms with Crippen molar-refractivity contribution in [3.05, 3.63) is 29.4 Å². The van der Waals surface area contributed by atoms with E-state index in [4.69, 9.17) is 11.6 Å². The minimum atomic E-state index is -4.45. The quantitative estimate of drug-likeness (QED) is 0.640. The average molecular weight is 222 g/mol. The van der Waals surface area contributed by atoms with Crippen LogP contribution in [0.4, 0.5) is 13.2 Å². The molecule has 2 aromatic heterocycles. The number of halogens is 4. The van der Waals surface area contributed by atoms with E-state index in [2.05, 4.69) is 9.97 Å². The molecule has 0 N–H and O–H groups in total. The first-order chi connectivity index (χ1) is 6.47. The number of hydrogen-bond donors (Lipinski definition) is 0. The first-order valence-electron chi connectivity index (χ1n) is 3.54. The normalized spacial score (nSPS) is 12.3. The van der Waals surface area contributed by atoms with Crippen LogP contribution in [0.5, 0.6) is 0 Å². The molecule has 0 unspecified atom stereocenters. The Morgan fingerprint density at radius 2 is 2.07 bits per heavy atom. The third kappa shape index (κ3) is 1.52. The summed E-state index contributed by atoms with van der Waals surface area (Å²) in [7, 11) is 0. The Kier molecular flexibility index (Phi) is 1.88. The van der Waals surface area contributed by atoms with E-state index in [1.165, 1.54) is 12.4 Å². The smallest absolute Gasteiger partial charge is 0.290 e. The topological polar surface area (TPSA) is 30.2 Å². The molecule has 0 spiro atoms. The molecule has 0 bridgehead atoms. The van der Waals surface area contributed by atoms with Crippen molar-refractivity contribution in [3.63, 3.8) is 0 Å². The van der Waals surface area contributed by atoms with E-state index >= 15 is 0 Å². The summed E-state index contributed by atoms with van der Waals surface area (Å²) in [6.45, 7) is 0. The Balaban J connectivity index is 2.63. The highest BCUT2D eigenvalue weighted by molar-refractivity contribution is 6.29. The molecule has 0 amide bonds. The van der Waals surface area contributed by atoms with Gasteiger partial charge in [-0.25, -0.2) is 9.97 Å². The molecule has 7 heteroatoms. The van der Waals surface area contributed by atoms with E-state index < -0.39 is 11.9 Å². The third-order valence-electron chi connectivity index (χ3n) is 1.61. The number of fused-ring (bicyclic) bond motifs is 1. The predicted octanol–water partition coefficient (Wildman–Crippen LogP) is 2.40. The zero-order valence-corrected chi connectivity index (χ0v) is 7.34. The summed E-state index contributed by atoms with van der Waals surface area (Å²) in [5.41, 5.74) is -0.834. The van der Waals surface area contributed by atoms with Crippen molar-refractivity contribution in [1.29, 1.82) is 0 Å². The van der Waals surface area contributed by atoms with Gasteiger partial charge in [-0.05, 0) is 0 Å². The summed E-state index contributed by atoms with van der Waals surface area (Å²) in [5.74, 6) is 0. The molecule has 0 aliphatic rings. The van der Waals surface area contributed by atoms with Gasteiger partial charge >= 0.3 is 6.18 Å². The molecular weight excluding hydrogens is 219 g/mol. The fourth-order valence-corrected chi connectivity index (χ4v) is 1.15. The van der Waals surface area contributed by atoms with E-state index in [0.29, 0.717) is 0 Å². The Bertz CT molecular complexity index is 476. The van der Waals surface area contributed by atoms with Crippen LogP contribution in [0.25, 0.3) is 5.65 Å². The summed E-state index contributed by atoms with van der Waals surface area (Å²) >= 11 is 5.50. The molecule has 0 aromatic carbocycles. The molecular formula is C7H3ClF3N3. The van der Waals surface area contributed by atoms with Gasteiger partial charge in [0.25, 0.3) is 0 Å². The number of imidazole rings is 1. The minimum absolute atomic E-state index is 0.108. The van der Waals surface area contributed by atoms with E-state index in [1.807, 2.05) is 0 Å². The van der Waals surface area contributed by atoms with Crippen molar-refractivity contribution in [2.24, 2.45) is 0 Å². The molecule has 2 heterocycles. The van der Waals surface area contributed by atoms with Crippen LogP contribution in [0.15, 0.2) is 18.6 Å². The van der Waals surface area contributed by atoms with Crippen LogP contribution in [-0.4, -0.2) is 14.4 Å². The van der Waals surface area contributed by atoms with Crippen LogP contribution in [0.3, 0.4) is 0 Å². The lowest BCUT2D eigenvalue weighted by Crippen LogP contribution is -2.04. The van der Waals surface area contributed by atoms with E-state index in [1.54, 1.807) is 0 Å². The van der Waals surface area contributed by atoms with Crippen molar-refractivity contribution in [1.82, 2.24) is 14.4 Å². The molecule has 3 nitrogen and oxygen atoms in total. The summed E-state index contributed by atoms with van der Waals surface area (Å²) in [6, 6.07) is 1.26. The SMILES string of the molecule is FC(F)(F)c1cn2cnc(Cl)cc2n1. The third-order valence-corrected chi connectivity index (χ3v) is 1.81. The maximum absolute atomic E-state index is 12.2. The highest BCUT2D eigenvalue weighted by Crippen LogP contribution is 2.28. The van der Waals surface area contributed by atoms with Crippen LogP contribution < -0.4 is 0 Å². The van der Waals surface area contributed by atoms with Gasteiger partial charge in [0.2, 0.25) is 0 Å². The van der Waals surface area contributed by atoms with Gasteiger partial charge in [0.1, 0.15) is 17.1 Å². The number of nitrogens with zero attached hydrogens (tertiary/aromatic N) is 3. The Labute approximate surface area is 81.2 Å². The minimum Gasteiger partial charge on any atom is -0.290 e. The second-order valence-electron chi connectivity index (χ2n) is 2.60. The van der Waals surface area contributed by atoms with Gasteiger partial charge in [0.05, 0.1) is 0 Å². The maximum atomic E-state index is 12.2. The lowest BCUT2D eigenvalue weighted by molar-refractivity contribution is -0.140.